The van der Waals surface area contributed by atoms with Gasteiger partial charge >= 0.3 is 0 Å². The fourth-order valence-corrected chi connectivity index (χ4v) is 6.50. The van der Waals surface area contributed by atoms with Crippen molar-refractivity contribution in [1.82, 2.24) is 9.21 Å². The van der Waals surface area contributed by atoms with E-state index >= 15 is 0 Å². The molecule has 0 atom stereocenters. The quantitative estimate of drug-likeness (QED) is 0.723. The number of rotatable bonds is 4. The number of carbonyl (C=O) groups excluding carboxylic acids is 1. The molecular formula is C23H35N3O3S. The lowest BCUT2D eigenvalue weighted by molar-refractivity contribution is 0.0743. The molecule has 30 heavy (non-hydrogen) atoms. The van der Waals surface area contributed by atoms with E-state index in [0.29, 0.717) is 18.7 Å². The number of carbonyl (C=O) groups is 1. The molecule has 0 bridgehead atoms. The molecule has 1 aromatic rings. The first-order chi connectivity index (χ1) is 14.6. The zero-order valence-corrected chi connectivity index (χ0v) is 18.8. The van der Waals surface area contributed by atoms with E-state index < -0.39 is 10.0 Å². The van der Waals surface area contributed by atoms with Crippen LogP contribution in [0.15, 0.2) is 23.1 Å². The number of sulfonamides is 1. The molecule has 0 spiro atoms. The second-order valence-corrected chi connectivity index (χ2v) is 10.8. The van der Waals surface area contributed by atoms with E-state index in [-0.39, 0.29) is 10.8 Å². The largest absolute Gasteiger partial charge is 0.371 e. The van der Waals surface area contributed by atoms with Crippen LogP contribution in [0.4, 0.5) is 5.69 Å². The minimum absolute atomic E-state index is 0.00510. The maximum Gasteiger partial charge on any atom is 0.256 e. The molecule has 0 radical (unpaired) electrons. The summed E-state index contributed by atoms with van der Waals surface area (Å²) in [5.74, 6) is -0.00510. The van der Waals surface area contributed by atoms with Gasteiger partial charge in [-0.1, -0.05) is 25.7 Å². The van der Waals surface area contributed by atoms with E-state index in [9.17, 15) is 13.2 Å². The average molecular weight is 434 g/mol. The summed E-state index contributed by atoms with van der Waals surface area (Å²) in [6.45, 7) is 4.54. The molecule has 0 aromatic heterocycles. The number of likely N-dealkylation sites (tertiary alicyclic amines) is 1. The highest BCUT2D eigenvalue weighted by Crippen LogP contribution is 2.30. The summed E-state index contributed by atoms with van der Waals surface area (Å²) in [4.78, 5) is 18.0. The highest BCUT2D eigenvalue weighted by atomic mass is 32.2. The van der Waals surface area contributed by atoms with Crippen LogP contribution in [0.5, 0.6) is 0 Å². The topological polar surface area (TPSA) is 60.9 Å². The predicted octanol–water partition coefficient (Wildman–Crippen LogP) is 3.87. The van der Waals surface area contributed by atoms with Crippen LogP contribution in [0.2, 0.25) is 0 Å². The number of piperidine rings is 1. The average Bonchev–Trinajstić information content (AvgIpc) is 3.28. The van der Waals surface area contributed by atoms with E-state index in [2.05, 4.69) is 4.90 Å². The van der Waals surface area contributed by atoms with Crippen LogP contribution in [0.1, 0.15) is 74.6 Å². The Morgan fingerprint density at radius 3 is 1.90 bits per heavy atom. The summed E-state index contributed by atoms with van der Waals surface area (Å²) >= 11 is 0. The summed E-state index contributed by atoms with van der Waals surface area (Å²) in [7, 11) is -3.56. The third-order valence-corrected chi connectivity index (χ3v) is 8.64. The van der Waals surface area contributed by atoms with Crippen molar-refractivity contribution in [3.8, 4) is 0 Å². The molecule has 3 aliphatic heterocycles. The van der Waals surface area contributed by atoms with Crippen LogP contribution in [0.25, 0.3) is 0 Å². The maximum absolute atomic E-state index is 13.6. The van der Waals surface area contributed by atoms with Crippen LogP contribution >= 0.6 is 0 Å². The first-order valence-corrected chi connectivity index (χ1v) is 13.2. The monoisotopic (exact) mass is 433 g/mol. The molecule has 4 rings (SSSR count). The van der Waals surface area contributed by atoms with Gasteiger partial charge in [-0.3, -0.25) is 4.79 Å². The first kappa shape index (κ1) is 21.6. The summed E-state index contributed by atoms with van der Waals surface area (Å²) in [6.07, 6.45) is 10.7. The Labute approximate surface area is 181 Å². The molecule has 0 aliphatic carbocycles. The highest BCUT2D eigenvalue weighted by molar-refractivity contribution is 7.89. The molecule has 1 amide bonds. The van der Waals surface area contributed by atoms with Gasteiger partial charge in [0.25, 0.3) is 5.91 Å². The Bertz CT molecular complexity index is 835. The van der Waals surface area contributed by atoms with Crippen molar-refractivity contribution in [3.63, 3.8) is 0 Å². The van der Waals surface area contributed by atoms with Gasteiger partial charge in [-0.2, -0.15) is 4.31 Å². The van der Waals surface area contributed by atoms with E-state index in [1.165, 1.54) is 6.42 Å². The third-order valence-electron chi connectivity index (χ3n) is 6.74. The van der Waals surface area contributed by atoms with Crippen molar-refractivity contribution in [1.29, 1.82) is 0 Å². The van der Waals surface area contributed by atoms with Crippen molar-refractivity contribution in [2.45, 2.75) is 69.1 Å². The number of benzene rings is 1. The van der Waals surface area contributed by atoms with Crippen LogP contribution in [0.3, 0.4) is 0 Å². The van der Waals surface area contributed by atoms with Crippen LogP contribution in [-0.4, -0.2) is 62.8 Å². The van der Waals surface area contributed by atoms with Crippen LogP contribution < -0.4 is 4.90 Å². The molecular weight excluding hydrogens is 398 g/mol. The Balaban J connectivity index is 1.68. The number of hydrogen-bond acceptors (Lipinski definition) is 4. The summed E-state index contributed by atoms with van der Waals surface area (Å²) < 4.78 is 28.1. The summed E-state index contributed by atoms with van der Waals surface area (Å²) in [6, 6.07) is 5.25. The second kappa shape index (κ2) is 9.69. The van der Waals surface area contributed by atoms with Crippen molar-refractivity contribution in [2.75, 3.05) is 44.2 Å². The minimum Gasteiger partial charge on any atom is -0.371 e. The van der Waals surface area contributed by atoms with Crippen molar-refractivity contribution >= 4 is 21.6 Å². The van der Waals surface area contributed by atoms with Gasteiger partial charge in [0.1, 0.15) is 0 Å². The van der Waals surface area contributed by atoms with E-state index in [0.717, 1.165) is 89.7 Å². The highest BCUT2D eigenvalue weighted by Gasteiger charge is 2.30. The second-order valence-electron chi connectivity index (χ2n) is 8.90. The van der Waals surface area contributed by atoms with Gasteiger partial charge in [0, 0.05) is 45.0 Å². The lowest BCUT2D eigenvalue weighted by Crippen LogP contribution is -2.37. The van der Waals surface area contributed by atoms with Gasteiger partial charge in [-0.25, -0.2) is 8.42 Å². The molecule has 3 saturated heterocycles. The lowest BCUT2D eigenvalue weighted by Gasteiger charge is -2.29. The zero-order chi connectivity index (χ0) is 21.0. The molecule has 0 unspecified atom stereocenters. The van der Waals surface area contributed by atoms with Gasteiger partial charge in [0.15, 0.2) is 0 Å². The first-order valence-electron chi connectivity index (χ1n) is 11.8. The van der Waals surface area contributed by atoms with E-state index in [4.69, 9.17) is 0 Å². The third kappa shape index (κ3) is 4.67. The van der Waals surface area contributed by atoms with E-state index in [1.54, 1.807) is 16.4 Å². The zero-order valence-electron chi connectivity index (χ0n) is 18.0. The van der Waals surface area contributed by atoms with Gasteiger partial charge in [-0.05, 0) is 56.7 Å². The Morgan fingerprint density at radius 2 is 1.23 bits per heavy atom. The van der Waals surface area contributed by atoms with Crippen LogP contribution in [-0.2, 0) is 10.0 Å². The van der Waals surface area contributed by atoms with Gasteiger partial charge < -0.3 is 9.80 Å². The van der Waals surface area contributed by atoms with Gasteiger partial charge in [0.05, 0.1) is 10.5 Å². The normalized spacial score (nSPS) is 22.0. The number of anilines is 1. The van der Waals surface area contributed by atoms with Crippen molar-refractivity contribution < 1.29 is 13.2 Å². The number of nitrogens with zero attached hydrogens (tertiary/aromatic N) is 3. The van der Waals surface area contributed by atoms with Gasteiger partial charge in [0.2, 0.25) is 10.0 Å². The van der Waals surface area contributed by atoms with E-state index in [1.807, 2.05) is 11.0 Å². The Kier molecular flexibility index (Phi) is 6.98. The predicted molar refractivity (Wildman–Crippen MR) is 119 cm³/mol. The van der Waals surface area contributed by atoms with Crippen molar-refractivity contribution in [3.05, 3.63) is 23.8 Å². The molecule has 3 aliphatic rings. The Morgan fingerprint density at radius 1 is 0.700 bits per heavy atom. The molecule has 0 saturated carbocycles. The maximum atomic E-state index is 13.6. The standard InChI is InChI=1S/C23H35N3O3S/c27-23(25-15-5-2-1-3-6-16-25)21-19-20(11-12-22(21)24-13-9-10-14-24)30(28,29)26-17-7-4-8-18-26/h11-12,19H,1-10,13-18H2. The molecule has 3 fully saturated rings. The summed E-state index contributed by atoms with van der Waals surface area (Å²) in [5.41, 5.74) is 1.47. The lowest BCUT2D eigenvalue weighted by atomic mass is 10.1. The number of amides is 1. The minimum atomic E-state index is -3.56. The fourth-order valence-electron chi connectivity index (χ4n) is 4.96. The summed E-state index contributed by atoms with van der Waals surface area (Å²) in [5, 5.41) is 0. The molecule has 6 nitrogen and oxygen atoms in total. The molecule has 0 N–H and O–H groups in total. The molecule has 1 aromatic carbocycles. The smallest absolute Gasteiger partial charge is 0.256 e. The Hall–Kier alpha value is -1.60. The molecule has 3 heterocycles. The van der Waals surface area contributed by atoms with Crippen molar-refractivity contribution in [2.24, 2.45) is 0 Å². The van der Waals surface area contributed by atoms with Crippen LogP contribution in [0, 0.1) is 0 Å². The van der Waals surface area contributed by atoms with Gasteiger partial charge in [-0.15, -0.1) is 0 Å². The SMILES string of the molecule is O=C(c1cc(S(=O)(=O)N2CCCCC2)ccc1N1CCCC1)N1CCCCCCC1. The molecule has 7 heteroatoms. The number of hydrogen-bond donors (Lipinski definition) is 0. The molecule has 166 valence electrons. The fraction of sp³-hybridized carbons (Fsp3) is 0.696.